The number of nitrogens with one attached hydrogen (secondary N) is 1. The van der Waals surface area contributed by atoms with Crippen LogP contribution in [0, 0.1) is 0 Å². The Kier molecular flexibility index (Phi) is 4.73. The number of pyridine rings is 1. The Morgan fingerprint density at radius 3 is 2.91 bits per heavy atom. The summed E-state index contributed by atoms with van der Waals surface area (Å²) in [6.07, 6.45) is 5.03. The molecule has 0 radical (unpaired) electrons. The number of hydrogen-bond donors (Lipinski definition) is 1. The Morgan fingerprint density at radius 1 is 1.26 bits per heavy atom. The molecule has 0 saturated heterocycles. The van der Waals surface area contributed by atoms with Crippen LogP contribution in [-0.4, -0.2) is 20.7 Å². The monoisotopic (exact) mass is 324 g/mol. The predicted octanol–water partition coefficient (Wildman–Crippen LogP) is 3.36. The zero-order valence-corrected chi connectivity index (χ0v) is 13.5. The summed E-state index contributed by atoms with van der Waals surface area (Å²) in [5.41, 5.74) is 2.45. The first-order chi connectivity index (χ1) is 11.2. The Morgan fingerprint density at radius 2 is 2.17 bits per heavy atom. The Hall–Kier alpha value is -2.60. The van der Waals surface area contributed by atoms with Crippen molar-refractivity contribution < 1.29 is 4.79 Å². The average Bonchev–Trinajstić information content (AvgIpc) is 3.01. The molecule has 23 heavy (non-hydrogen) atoms. The van der Waals surface area contributed by atoms with Crippen molar-refractivity contribution in [3.05, 3.63) is 72.2 Å². The topological polar surface area (TPSA) is 59.8 Å². The number of anilines is 1. The van der Waals surface area contributed by atoms with E-state index >= 15 is 0 Å². The molecule has 3 aromatic rings. The van der Waals surface area contributed by atoms with Crippen LogP contribution in [0.4, 0.5) is 5.69 Å². The number of carbonyl (C=O) groups excluding carboxylic acids is 1. The molecule has 0 aliphatic rings. The second-order valence-corrected chi connectivity index (χ2v) is 6.01. The van der Waals surface area contributed by atoms with Crippen molar-refractivity contribution in [1.29, 1.82) is 0 Å². The largest absolute Gasteiger partial charge is 0.322 e. The normalized spacial score (nSPS) is 10.5. The van der Waals surface area contributed by atoms with Crippen LogP contribution in [-0.2, 0) is 12.8 Å². The van der Waals surface area contributed by atoms with Crippen LogP contribution < -0.4 is 5.32 Å². The molecule has 1 N–H and O–H groups in total. The summed E-state index contributed by atoms with van der Waals surface area (Å²) in [6.45, 7) is 0. The molecule has 0 atom stereocenters. The lowest BCUT2D eigenvalue weighted by Crippen LogP contribution is -2.11. The highest BCUT2D eigenvalue weighted by Gasteiger charge is 2.08. The SMILES string of the molecule is Cn1cc(C(=O)Nc2cccc(CSc3ccccn3)c2)cn1. The fourth-order valence-corrected chi connectivity index (χ4v) is 2.87. The van der Waals surface area contributed by atoms with Gasteiger partial charge in [0.2, 0.25) is 0 Å². The van der Waals surface area contributed by atoms with Crippen molar-refractivity contribution in [2.75, 3.05) is 5.32 Å². The highest BCUT2D eigenvalue weighted by atomic mass is 32.2. The van der Waals surface area contributed by atoms with E-state index in [0.717, 1.165) is 22.0 Å². The molecule has 5 nitrogen and oxygen atoms in total. The van der Waals surface area contributed by atoms with Crippen LogP contribution in [0.25, 0.3) is 0 Å². The number of amides is 1. The molecule has 2 heterocycles. The van der Waals surface area contributed by atoms with Gasteiger partial charge in [-0.2, -0.15) is 5.10 Å². The van der Waals surface area contributed by atoms with Gasteiger partial charge < -0.3 is 5.32 Å². The maximum atomic E-state index is 12.1. The minimum Gasteiger partial charge on any atom is -0.322 e. The molecule has 0 bridgehead atoms. The smallest absolute Gasteiger partial charge is 0.258 e. The number of aromatic nitrogens is 3. The van der Waals surface area contributed by atoms with Gasteiger partial charge in [0, 0.05) is 30.9 Å². The van der Waals surface area contributed by atoms with Crippen LogP contribution in [0.15, 0.2) is 66.1 Å². The molecule has 1 aromatic carbocycles. The summed E-state index contributed by atoms with van der Waals surface area (Å²) in [5.74, 6) is 0.640. The van der Waals surface area contributed by atoms with E-state index in [-0.39, 0.29) is 5.91 Å². The molecule has 3 rings (SSSR count). The average molecular weight is 324 g/mol. The van der Waals surface area contributed by atoms with Gasteiger partial charge in [-0.25, -0.2) is 4.98 Å². The third-order valence-corrected chi connectivity index (χ3v) is 4.19. The number of rotatable bonds is 5. The quantitative estimate of drug-likeness (QED) is 0.731. The van der Waals surface area contributed by atoms with Gasteiger partial charge in [-0.15, -0.1) is 11.8 Å². The number of thioether (sulfide) groups is 1. The Labute approximate surface area is 138 Å². The zero-order chi connectivity index (χ0) is 16.1. The van der Waals surface area contributed by atoms with Crippen LogP contribution in [0.2, 0.25) is 0 Å². The standard InChI is InChI=1S/C17H16N4OS/c1-21-11-14(10-19-21)17(22)20-15-6-4-5-13(9-15)12-23-16-7-2-3-8-18-16/h2-11H,12H2,1H3,(H,20,22). The van der Waals surface area contributed by atoms with Crippen LogP contribution in [0.3, 0.4) is 0 Å². The van der Waals surface area contributed by atoms with E-state index in [0.29, 0.717) is 5.56 Å². The summed E-state index contributed by atoms with van der Waals surface area (Å²) in [7, 11) is 1.78. The molecular weight excluding hydrogens is 308 g/mol. The predicted molar refractivity (Wildman–Crippen MR) is 91.4 cm³/mol. The van der Waals surface area contributed by atoms with Crippen LogP contribution >= 0.6 is 11.8 Å². The minimum atomic E-state index is -0.160. The molecule has 116 valence electrons. The third-order valence-electron chi connectivity index (χ3n) is 3.18. The number of nitrogens with zero attached hydrogens (tertiary/aromatic N) is 3. The molecule has 0 fully saturated rings. The van der Waals surface area contributed by atoms with E-state index in [4.69, 9.17) is 0 Å². The molecule has 6 heteroatoms. The fourth-order valence-electron chi connectivity index (χ4n) is 2.07. The second-order valence-electron chi connectivity index (χ2n) is 5.01. The number of carbonyl (C=O) groups is 1. The van der Waals surface area contributed by atoms with Gasteiger partial charge in [-0.1, -0.05) is 18.2 Å². The second kappa shape index (κ2) is 7.11. The molecule has 0 aliphatic carbocycles. The van der Waals surface area contributed by atoms with Crippen molar-refractivity contribution in [2.24, 2.45) is 7.05 Å². The first-order valence-corrected chi connectivity index (χ1v) is 8.12. The summed E-state index contributed by atoms with van der Waals surface area (Å²) >= 11 is 1.66. The first-order valence-electron chi connectivity index (χ1n) is 7.13. The van der Waals surface area contributed by atoms with Gasteiger partial charge in [0.25, 0.3) is 5.91 Å². The van der Waals surface area contributed by atoms with E-state index in [1.165, 1.54) is 0 Å². The van der Waals surface area contributed by atoms with Crippen molar-refractivity contribution in [3.8, 4) is 0 Å². The highest BCUT2D eigenvalue weighted by molar-refractivity contribution is 7.98. The molecule has 0 unspecified atom stereocenters. The van der Waals surface area contributed by atoms with Gasteiger partial charge in [0.1, 0.15) is 0 Å². The van der Waals surface area contributed by atoms with Crippen molar-refractivity contribution in [2.45, 2.75) is 10.8 Å². The van der Waals surface area contributed by atoms with Crippen LogP contribution in [0.1, 0.15) is 15.9 Å². The highest BCUT2D eigenvalue weighted by Crippen LogP contribution is 2.22. The fraction of sp³-hybridized carbons (Fsp3) is 0.118. The van der Waals surface area contributed by atoms with Gasteiger partial charge in [-0.3, -0.25) is 9.48 Å². The zero-order valence-electron chi connectivity index (χ0n) is 12.6. The lowest BCUT2D eigenvalue weighted by molar-refractivity contribution is 0.102. The van der Waals surface area contributed by atoms with Crippen molar-refractivity contribution in [1.82, 2.24) is 14.8 Å². The molecule has 0 saturated carbocycles. The summed E-state index contributed by atoms with van der Waals surface area (Å²) in [4.78, 5) is 16.4. The maximum Gasteiger partial charge on any atom is 0.258 e. The Bertz CT molecular complexity index is 801. The van der Waals surface area contributed by atoms with Crippen molar-refractivity contribution in [3.63, 3.8) is 0 Å². The number of benzene rings is 1. The molecule has 1 amide bonds. The van der Waals surface area contributed by atoms with Gasteiger partial charge in [0.15, 0.2) is 0 Å². The van der Waals surface area contributed by atoms with E-state index < -0.39 is 0 Å². The summed E-state index contributed by atoms with van der Waals surface area (Å²) in [6, 6.07) is 13.7. The molecular formula is C17H16N4OS. The third kappa shape index (κ3) is 4.20. The van der Waals surface area contributed by atoms with Gasteiger partial charge >= 0.3 is 0 Å². The summed E-state index contributed by atoms with van der Waals surface area (Å²) in [5, 5.41) is 7.88. The van der Waals surface area contributed by atoms with Gasteiger partial charge in [-0.05, 0) is 29.8 Å². The van der Waals surface area contributed by atoms with E-state index in [1.807, 2.05) is 42.5 Å². The summed E-state index contributed by atoms with van der Waals surface area (Å²) < 4.78 is 1.61. The van der Waals surface area contributed by atoms with E-state index in [9.17, 15) is 4.79 Å². The number of hydrogen-bond acceptors (Lipinski definition) is 4. The Balaban J connectivity index is 1.64. The lowest BCUT2D eigenvalue weighted by atomic mass is 10.2. The molecule has 0 spiro atoms. The first kappa shape index (κ1) is 15.3. The van der Waals surface area contributed by atoms with Crippen molar-refractivity contribution >= 4 is 23.4 Å². The maximum absolute atomic E-state index is 12.1. The van der Waals surface area contributed by atoms with Crippen LogP contribution in [0.5, 0.6) is 0 Å². The molecule has 2 aromatic heterocycles. The lowest BCUT2D eigenvalue weighted by Gasteiger charge is -2.06. The van der Waals surface area contributed by atoms with E-state index in [1.54, 1.807) is 42.1 Å². The van der Waals surface area contributed by atoms with Gasteiger partial charge in [0.05, 0.1) is 16.8 Å². The molecule has 0 aliphatic heterocycles. The number of aryl methyl sites for hydroxylation is 1. The minimum absolute atomic E-state index is 0.160. The van der Waals surface area contributed by atoms with E-state index in [2.05, 4.69) is 15.4 Å².